The zero-order chi connectivity index (χ0) is 11.4. The fraction of sp³-hybridized carbons (Fsp3) is 0.167. The molecule has 4 heteroatoms. The lowest BCUT2D eigenvalue weighted by Gasteiger charge is -1.97. The van der Waals surface area contributed by atoms with Crippen LogP contribution in [-0.4, -0.2) is 12.5 Å². The second-order valence-corrected chi connectivity index (χ2v) is 4.40. The standard InChI is InChI=1S/C12H10N2OS/c13-6-3-7-14-12(15)11-8-9-4-1-2-5-10(9)16-11/h1-2,4-5,8H,3,7H2,(H,14,15). The average molecular weight is 230 g/mol. The number of carbonyl (C=O) groups is 1. The highest BCUT2D eigenvalue weighted by atomic mass is 32.1. The number of fused-ring (bicyclic) bond motifs is 1. The molecule has 2 rings (SSSR count). The van der Waals surface area contributed by atoms with Crippen LogP contribution in [0.15, 0.2) is 30.3 Å². The molecule has 1 N–H and O–H groups in total. The molecule has 16 heavy (non-hydrogen) atoms. The predicted molar refractivity (Wildman–Crippen MR) is 64.4 cm³/mol. The van der Waals surface area contributed by atoms with Crippen LogP contribution >= 0.6 is 11.3 Å². The zero-order valence-electron chi connectivity index (χ0n) is 8.56. The van der Waals surface area contributed by atoms with Gasteiger partial charge in [-0.25, -0.2) is 0 Å². The minimum Gasteiger partial charge on any atom is -0.350 e. The summed E-state index contributed by atoms with van der Waals surface area (Å²) in [5.41, 5.74) is 0. The first-order chi connectivity index (χ1) is 7.81. The third-order valence-electron chi connectivity index (χ3n) is 2.17. The molecule has 0 saturated heterocycles. The van der Waals surface area contributed by atoms with Crippen molar-refractivity contribution in [1.82, 2.24) is 5.32 Å². The molecule has 0 aliphatic rings. The number of benzene rings is 1. The number of nitrogens with zero attached hydrogens (tertiary/aromatic N) is 1. The van der Waals surface area contributed by atoms with Gasteiger partial charge in [0.1, 0.15) is 0 Å². The quantitative estimate of drug-likeness (QED) is 0.824. The second-order valence-electron chi connectivity index (χ2n) is 3.31. The van der Waals surface area contributed by atoms with Gasteiger partial charge in [-0.15, -0.1) is 11.3 Å². The molecular formula is C12H10N2OS. The second kappa shape index (κ2) is 4.77. The Bertz CT molecular complexity index is 520. The minimum absolute atomic E-state index is 0.101. The van der Waals surface area contributed by atoms with Gasteiger partial charge >= 0.3 is 0 Å². The predicted octanol–water partition coefficient (Wildman–Crippen LogP) is 2.54. The first-order valence-corrected chi connectivity index (χ1v) is 5.76. The molecule has 0 unspecified atom stereocenters. The van der Waals surface area contributed by atoms with Crippen molar-refractivity contribution in [1.29, 1.82) is 5.26 Å². The van der Waals surface area contributed by atoms with Crippen LogP contribution in [0.4, 0.5) is 0 Å². The number of rotatable bonds is 3. The van der Waals surface area contributed by atoms with Gasteiger partial charge in [-0.2, -0.15) is 5.26 Å². The molecule has 2 aromatic rings. The Morgan fingerprint density at radius 3 is 3.00 bits per heavy atom. The molecule has 0 aliphatic heterocycles. The molecule has 1 aromatic carbocycles. The van der Waals surface area contributed by atoms with Gasteiger partial charge in [0.25, 0.3) is 5.91 Å². The molecule has 0 spiro atoms. The fourth-order valence-electron chi connectivity index (χ4n) is 1.41. The summed E-state index contributed by atoms with van der Waals surface area (Å²) in [5, 5.41) is 12.2. The monoisotopic (exact) mass is 230 g/mol. The molecule has 0 saturated carbocycles. The van der Waals surface area contributed by atoms with Crippen molar-refractivity contribution in [2.45, 2.75) is 6.42 Å². The third kappa shape index (κ3) is 2.20. The molecule has 0 bridgehead atoms. The molecule has 80 valence electrons. The summed E-state index contributed by atoms with van der Waals surface area (Å²) >= 11 is 1.47. The molecular weight excluding hydrogens is 220 g/mol. The molecule has 1 amide bonds. The molecule has 1 heterocycles. The van der Waals surface area contributed by atoms with Crippen LogP contribution in [0.3, 0.4) is 0 Å². The van der Waals surface area contributed by atoms with Crippen LogP contribution in [-0.2, 0) is 0 Å². The topological polar surface area (TPSA) is 52.9 Å². The number of hydrogen-bond donors (Lipinski definition) is 1. The van der Waals surface area contributed by atoms with Crippen LogP contribution in [0.1, 0.15) is 16.1 Å². The highest BCUT2D eigenvalue weighted by Crippen LogP contribution is 2.24. The van der Waals surface area contributed by atoms with E-state index in [0.717, 1.165) is 10.1 Å². The maximum Gasteiger partial charge on any atom is 0.261 e. The van der Waals surface area contributed by atoms with E-state index in [0.29, 0.717) is 17.8 Å². The molecule has 0 fully saturated rings. The Balaban J connectivity index is 2.14. The highest BCUT2D eigenvalue weighted by Gasteiger charge is 2.08. The molecule has 0 radical (unpaired) electrons. The van der Waals surface area contributed by atoms with Gasteiger partial charge in [-0.1, -0.05) is 18.2 Å². The molecule has 0 aliphatic carbocycles. The van der Waals surface area contributed by atoms with Gasteiger partial charge in [-0.3, -0.25) is 4.79 Å². The van der Waals surface area contributed by atoms with Crippen molar-refractivity contribution in [3.8, 4) is 6.07 Å². The van der Waals surface area contributed by atoms with E-state index in [4.69, 9.17) is 5.26 Å². The maximum atomic E-state index is 11.7. The Hall–Kier alpha value is -1.86. The number of hydrogen-bond acceptors (Lipinski definition) is 3. The first-order valence-electron chi connectivity index (χ1n) is 4.95. The number of nitriles is 1. The minimum atomic E-state index is -0.101. The summed E-state index contributed by atoms with van der Waals surface area (Å²) < 4.78 is 1.10. The normalized spacial score (nSPS) is 9.94. The van der Waals surface area contributed by atoms with E-state index in [1.807, 2.05) is 36.4 Å². The Kier molecular flexibility index (Phi) is 3.18. The number of thiophene rings is 1. The average Bonchev–Trinajstić information content (AvgIpc) is 2.73. The van der Waals surface area contributed by atoms with Crippen molar-refractivity contribution in [3.05, 3.63) is 35.2 Å². The summed E-state index contributed by atoms with van der Waals surface area (Å²) in [5.74, 6) is -0.101. The number of amides is 1. The largest absolute Gasteiger partial charge is 0.350 e. The van der Waals surface area contributed by atoms with E-state index in [1.165, 1.54) is 11.3 Å². The summed E-state index contributed by atoms with van der Waals surface area (Å²) in [6.45, 7) is 0.406. The summed E-state index contributed by atoms with van der Waals surface area (Å²) in [4.78, 5) is 12.4. The zero-order valence-corrected chi connectivity index (χ0v) is 9.38. The lowest BCUT2D eigenvalue weighted by Crippen LogP contribution is -2.23. The van der Waals surface area contributed by atoms with Crippen LogP contribution in [0.5, 0.6) is 0 Å². The summed E-state index contributed by atoms with van der Waals surface area (Å²) in [6, 6.07) is 11.7. The van der Waals surface area contributed by atoms with Crippen LogP contribution in [0, 0.1) is 11.3 Å². The lowest BCUT2D eigenvalue weighted by atomic mass is 10.2. The fourth-order valence-corrected chi connectivity index (χ4v) is 2.39. The van der Waals surface area contributed by atoms with E-state index in [9.17, 15) is 4.79 Å². The van der Waals surface area contributed by atoms with E-state index >= 15 is 0 Å². The summed E-state index contributed by atoms with van der Waals surface area (Å²) in [6.07, 6.45) is 0.344. The van der Waals surface area contributed by atoms with Crippen molar-refractivity contribution in [3.63, 3.8) is 0 Å². The number of nitrogens with one attached hydrogen (secondary N) is 1. The highest BCUT2D eigenvalue weighted by molar-refractivity contribution is 7.20. The van der Waals surface area contributed by atoms with Gasteiger partial charge in [0.05, 0.1) is 17.4 Å². The van der Waals surface area contributed by atoms with Crippen LogP contribution < -0.4 is 5.32 Å². The van der Waals surface area contributed by atoms with Gasteiger partial charge in [0, 0.05) is 11.2 Å². The number of carbonyl (C=O) groups excluding carboxylic acids is 1. The van der Waals surface area contributed by atoms with Gasteiger partial charge in [-0.05, 0) is 17.5 Å². The van der Waals surface area contributed by atoms with E-state index in [-0.39, 0.29) is 5.91 Å². The van der Waals surface area contributed by atoms with Crippen molar-refractivity contribution in [2.75, 3.05) is 6.54 Å². The Morgan fingerprint density at radius 2 is 2.25 bits per heavy atom. The first kappa shape index (κ1) is 10.7. The van der Waals surface area contributed by atoms with Crippen molar-refractivity contribution < 1.29 is 4.79 Å². The third-order valence-corrected chi connectivity index (χ3v) is 3.29. The van der Waals surface area contributed by atoms with Crippen LogP contribution in [0.25, 0.3) is 10.1 Å². The van der Waals surface area contributed by atoms with E-state index in [1.54, 1.807) is 0 Å². The van der Waals surface area contributed by atoms with Crippen molar-refractivity contribution in [2.24, 2.45) is 0 Å². The smallest absolute Gasteiger partial charge is 0.261 e. The van der Waals surface area contributed by atoms with Crippen molar-refractivity contribution >= 4 is 27.3 Å². The molecule has 0 atom stereocenters. The SMILES string of the molecule is N#CCCNC(=O)c1cc2ccccc2s1. The lowest BCUT2D eigenvalue weighted by molar-refractivity contribution is 0.0958. The summed E-state index contributed by atoms with van der Waals surface area (Å²) in [7, 11) is 0. The van der Waals surface area contributed by atoms with Gasteiger partial charge < -0.3 is 5.32 Å². The van der Waals surface area contributed by atoms with Gasteiger partial charge in [0.15, 0.2) is 0 Å². The maximum absolute atomic E-state index is 11.7. The Morgan fingerprint density at radius 1 is 1.44 bits per heavy atom. The van der Waals surface area contributed by atoms with E-state index in [2.05, 4.69) is 5.32 Å². The molecule has 1 aromatic heterocycles. The Labute approximate surface area is 97.3 Å². The van der Waals surface area contributed by atoms with Gasteiger partial charge in [0.2, 0.25) is 0 Å². The van der Waals surface area contributed by atoms with Crippen LogP contribution in [0.2, 0.25) is 0 Å². The van der Waals surface area contributed by atoms with E-state index < -0.39 is 0 Å². The molecule has 3 nitrogen and oxygen atoms in total.